The van der Waals surface area contributed by atoms with Crippen molar-refractivity contribution < 1.29 is 9.18 Å². The van der Waals surface area contributed by atoms with Crippen molar-refractivity contribution in [1.29, 1.82) is 0 Å². The van der Waals surface area contributed by atoms with E-state index in [1.807, 2.05) is 45.3 Å². The highest BCUT2D eigenvalue weighted by molar-refractivity contribution is 5.95. The molecule has 0 fully saturated rings. The Balaban J connectivity index is 2.45. The molecule has 0 saturated carbocycles. The van der Waals surface area contributed by atoms with Gasteiger partial charge in [-0.3, -0.25) is 4.79 Å². The van der Waals surface area contributed by atoms with Crippen LogP contribution in [0.15, 0.2) is 24.3 Å². The van der Waals surface area contributed by atoms with Gasteiger partial charge in [0.15, 0.2) is 0 Å². The lowest BCUT2D eigenvalue weighted by molar-refractivity contribution is 0.0929. The highest BCUT2D eigenvalue weighted by Crippen LogP contribution is 2.23. The van der Waals surface area contributed by atoms with Crippen LogP contribution in [0.2, 0.25) is 0 Å². The second kappa shape index (κ2) is 6.99. The largest absolute Gasteiger partial charge is 0.348 e. The molecule has 0 aliphatic rings. The van der Waals surface area contributed by atoms with Gasteiger partial charge in [0.05, 0.1) is 6.54 Å². The highest BCUT2D eigenvalue weighted by Gasteiger charge is 2.22. The summed E-state index contributed by atoms with van der Waals surface area (Å²) in [6.07, 6.45) is 0.872. The number of benzene rings is 1. The molecule has 2 aromatic rings. The van der Waals surface area contributed by atoms with Crippen molar-refractivity contribution in [3.63, 3.8) is 0 Å². The fourth-order valence-electron chi connectivity index (χ4n) is 2.70. The molecule has 3 nitrogen and oxygen atoms in total. The maximum atomic E-state index is 14.0. The number of amides is 1. The standard InChI is InChI=1S/C19H25FN2O/c1-6-12(2)21-19(23)18-14(4)13(3)15(5)22(18)11-16-9-7-8-10-17(16)20/h7-10,12H,6,11H2,1-5H3,(H,21,23). The van der Waals surface area contributed by atoms with Crippen LogP contribution in [-0.2, 0) is 6.54 Å². The molecule has 2 rings (SSSR count). The number of aromatic nitrogens is 1. The normalized spacial score (nSPS) is 12.3. The third-order valence-corrected chi connectivity index (χ3v) is 4.63. The molecule has 1 unspecified atom stereocenters. The van der Waals surface area contributed by atoms with Crippen molar-refractivity contribution in [3.8, 4) is 0 Å². The van der Waals surface area contributed by atoms with Gasteiger partial charge in [-0.25, -0.2) is 4.39 Å². The summed E-state index contributed by atoms with van der Waals surface area (Å²) in [7, 11) is 0. The van der Waals surface area contributed by atoms with Crippen LogP contribution in [-0.4, -0.2) is 16.5 Å². The molecule has 1 N–H and O–H groups in total. The van der Waals surface area contributed by atoms with E-state index in [1.54, 1.807) is 12.1 Å². The number of carbonyl (C=O) groups is 1. The van der Waals surface area contributed by atoms with Gasteiger partial charge in [0, 0.05) is 17.3 Å². The van der Waals surface area contributed by atoms with Crippen LogP contribution in [0.4, 0.5) is 4.39 Å². The van der Waals surface area contributed by atoms with Crippen LogP contribution >= 0.6 is 0 Å². The first-order valence-electron chi connectivity index (χ1n) is 8.07. The second-order valence-electron chi connectivity index (χ2n) is 6.14. The topological polar surface area (TPSA) is 34.0 Å². The van der Waals surface area contributed by atoms with Crippen molar-refractivity contribution in [3.05, 3.63) is 58.2 Å². The molecule has 1 aromatic carbocycles. The molecule has 0 radical (unpaired) electrons. The minimum Gasteiger partial charge on any atom is -0.348 e. The summed E-state index contributed by atoms with van der Waals surface area (Å²) in [4.78, 5) is 12.7. The van der Waals surface area contributed by atoms with Gasteiger partial charge in [0.2, 0.25) is 0 Å². The van der Waals surface area contributed by atoms with Crippen LogP contribution in [0.5, 0.6) is 0 Å². The van der Waals surface area contributed by atoms with Crippen molar-refractivity contribution in [2.24, 2.45) is 0 Å². The summed E-state index contributed by atoms with van der Waals surface area (Å²) in [5.41, 5.74) is 4.25. The SMILES string of the molecule is CCC(C)NC(=O)c1c(C)c(C)c(C)n1Cc1ccccc1F. The van der Waals surface area contributed by atoms with E-state index >= 15 is 0 Å². The number of halogens is 1. The van der Waals surface area contributed by atoms with Gasteiger partial charge in [-0.05, 0) is 51.3 Å². The molecule has 23 heavy (non-hydrogen) atoms. The van der Waals surface area contributed by atoms with Gasteiger partial charge in [-0.1, -0.05) is 25.1 Å². The average molecular weight is 316 g/mol. The predicted octanol–water partition coefficient (Wildman–Crippen LogP) is 4.13. The van der Waals surface area contributed by atoms with E-state index in [4.69, 9.17) is 0 Å². The first-order valence-corrected chi connectivity index (χ1v) is 8.07. The lowest BCUT2D eigenvalue weighted by Gasteiger charge is -2.16. The molecule has 1 heterocycles. The maximum absolute atomic E-state index is 14.0. The molecule has 1 atom stereocenters. The Morgan fingerprint density at radius 3 is 2.48 bits per heavy atom. The molecule has 0 bridgehead atoms. The van der Waals surface area contributed by atoms with E-state index in [-0.39, 0.29) is 17.8 Å². The van der Waals surface area contributed by atoms with Crippen LogP contribution in [0, 0.1) is 26.6 Å². The Labute approximate surface area is 137 Å². The van der Waals surface area contributed by atoms with E-state index in [0.717, 1.165) is 23.2 Å². The predicted molar refractivity (Wildman–Crippen MR) is 91.4 cm³/mol. The van der Waals surface area contributed by atoms with Crippen LogP contribution in [0.3, 0.4) is 0 Å². The monoisotopic (exact) mass is 316 g/mol. The van der Waals surface area contributed by atoms with E-state index < -0.39 is 0 Å². The summed E-state index contributed by atoms with van der Waals surface area (Å²) in [6.45, 7) is 10.3. The third-order valence-electron chi connectivity index (χ3n) is 4.63. The number of nitrogens with zero attached hydrogens (tertiary/aromatic N) is 1. The lowest BCUT2D eigenvalue weighted by atomic mass is 10.1. The lowest BCUT2D eigenvalue weighted by Crippen LogP contribution is -2.34. The van der Waals surface area contributed by atoms with E-state index in [0.29, 0.717) is 17.8 Å². The quantitative estimate of drug-likeness (QED) is 0.884. The third kappa shape index (κ3) is 3.46. The first-order chi connectivity index (χ1) is 10.9. The van der Waals surface area contributed by atoms with Crippen LogP contribution in [0.25, 0.3) is 0 Å². The highest BCUT2D eigenvalue weighted by atomic mass is 19.1. The molecular formula is C19H25FN2O. The van der Waals surface area contributed by atoms with Crippen molar-refractivity contribution >= 4 is 5.91 Å². The molecule has 0 spiro atoms. The summed E-state index contributed by atoms with van der Waals surface area (Å²) in [6, 6.07) is 6.81. The van der Waals surface area contributed by atoms with Crippen LogP contribution < -0.4 is 5.32 Å². The van der Waals surface area contributed by atoms with Gasteiger partial charge in [0.25, 0.3) is 5.91 Å². The maximum Gasteiger partial charge on any atom is 0.268 e. The number of carbonyl (C=O) groups excluding carboxylic acids is 1. The Bertz CT molecular complexity index is 718. The first kappa shape index (κ1) is 17.3. The van der Waals surface area contributed by atoms with Gasteiger partial charge < -0.3 is 9.88 Å². The van der Waals surface area contributed by atoms with Crippen LogP contribution in [0.1, 0.15) is 53.1 Å². The smallest absolute Gasteiger partial charge is 0.268 e. The van der Waals surface area contributed by atoms with Crippen molar-refractivity contribution in [1.82, 2.24) is 9.88 Å². The summed E-state index contributed by atoms with van der Waals surface area (Å²) < 4.78 is 15.9. The second-order valence-corrected chi connectivity index (χ2v) is 6.14. The molecule has 1 aromatic heterocycles. The molecule has 4 heteroatoms. The average Bonchev–Trinajstić information content (AvgIpc) is 2.73. The van der Waals surface area contributed by atoms with Gasteiger partial charge in [-0.2, -0.15) is 0 Å². The van der Waals surface area contributed by atoms with Crippen molar-refractivity contribution in [2.45, 2.75) is 53.6 Å². The van der Waals surface area contributed by atoms with Gasteiger partial charge >= 0.3 is 0 Å². The zero-order valence-corrected chi connectivity index (χ0v) is 14.5. The molecule has 0 aliphatic carbocycles. The molecule has 0 aliphatic heterocycles. The zero-order valence-electron chi connectivity index (χ0n) is 14.5. The molecule has 0 saturated heterocycles. The molecule has 124 valence electrons. The summed E-state index contributed by atoms with van der Waals surface area (Å²) >= 11 is 0. The Morgan fingerprint density at radius 1 is 1.22 bits per heavy atom. The van der Waals surface area contributed by atoms with Gasteiger partial charge in [-0.15, -0.1) is 0 Å². The fourth-order valence-corrected chi connectivity index (χ4v) is 2.70. The Morgan fingerprint density at radius 2 is 1.87 bits per heavy atom. The minimum absolute atomic E-state index is 0.0932. The minimum atomic E-state index is -0.246. The summed E-state index contributed by atoms with van der Waals surface area (Å²) in [5.74, 6) is -0.339. The Kier molecular flexibility index (Phi) is 5.24. The van der Waals surface area contributed by atoms with E-state index in [1.165, 1.54) is 6.07 Å². The fraction of sp³-hybridized carbons (Fsp3) is 0.421. The Hall–Kier alpha value is -2.10. The zero-order chi connectivity index (χ0) is 17.1. The van der Waals surface area contributed by atoms with E-state index in [2.05, 4.69) is 5.32 Å². The molecular weight excluding hydrogens is 291 g/mol. The van der Waals surface area contributed by atoms with Gasteiger partial charge in [0.1, 0.15) is 11.5 Å². The van der Waals surface area contributed by atoms with Crippen molar-refractivity contribution in [2.75, 3.05) is 0 Å². The molecule has 1 amide bonds. The summed E-state index contributed by atoms with van der Waals surface area (Å²) in [5, 5.41) is 3.01. The number of hydrogen-bond acceptors (Lipinski definition) is 1. The number of hydrogen-bond donors (Lipinski definition) is 1. The van der Waals surface area contributed by atoms with E-state index in [9.17, 15) is 9.18 Å². The number of rotatable bonds is 5. The number of nitrogens with one attached hydrogen (secondary N) is 1.